The van der Waals surface area contributed by atoms with E-state index in [1.54, 1.807) is 29.5 Å². The molecule has 3 aromatic rings. The Labute approximate surface area is 127 Å². The molecule has 0 atom stereocenters. The van der Waals surface area contributed by atoms with Crippen LogP contribution in [-0.4, -0.2) is 10.1 Å². The maximum atomic E-state index is 9.48. The first kappa shape index (κ1) is 13.6. The predicted molar refractivity (Wildman–Crippen MR) is 88.4 cm³/mol. The number of aromatic hydroxyl groups is 1. The molecular formula is C17H16N2OS. The molecule has 0 amide bonds. The van der Waals surface area contributed by atoms with E-state index in [2.05, 4.69) is 42.3 Å². The summed E-state index contributed by atoms with van der Waals surface area (Å²) >= 11 is 1.55. The van der Waals surface area contributed by atoms with Gasteiger partial charge in [-0.25, -0.2) is 4.98 Å². The quantitative estimate of drug-likeness (QED) is 0.724. The lowest BCUT2D eigenvalue weighted by Crippen LogP contribution is -1.90. The Balaban J connectivity index is 1.86. The summed E-state index contributed by atoms with van der Waals surface area (Å²) in [7, 11) is 0. The molecule has 0 saturated heterocycles. The van der Waals surface area contributed by atoms with Gasteiger partial charge in [0.2, 0.25) is 0 Å². The van der Waals surface area contributed by atoms with Gasteiger partial charge in [-0.3, -0.25) is 0 Å². The van der Waals surface area contributed by atoms with Crippen LogP contribution in [0.5, 0.6) is 5.75 Å². The van der Waals surface area contributed by atoms with Crippen molar-refractivity contribution in [3.05, 3.63) is 59.0 Å². The molecule has 0 aliphatic carbocycles. The van der Waals surface area contributed by atoms with Crippen LogP contribution in [0.3, 0.4) is 0 Å². The van der Waals surface area contributed by atoms with Gasteiger partial charge in [-0.05, 0) is 31.5 Å². The van der Waals surface area contributed by atoms with E-state index < -0.39 is 0 Å². The molecule has 0 aliphatic rings. The van der Waals surface area contributed by atoms with Crippen molar-refractivity contribution >= 4 is 22.2 Å². The van der Waals surface area contributed by atoms with Crippen LogP contribution in [0.2, 0.25) is 0 Å². The van der Waals surface area contributed by atoms with Gasteiger partial charge in [0, 0.05) is 22.7 Å². The molecule has 2 N–H and O–H groups in total. The van der Waals surface area contributed by atoms with Gasteiger partial charge in [-0.2, -0.15) is 0 Å². The number of hydrogen-bond donors (Lipinski definition) is 2. The van der Waals surface area contributed by atoms with Crippen LogP contribution in [0.1, 0.15) is 11.1 Å². The SMILES string of the molecule is Cc1ccc(-c2csc(Nc3cccc(O)c3)n2)c(C)c1. The van der Waals surface area contributed by atoms with Gasteiger partial charge in [-0.15, -0.1) is 11.3 Å². The molecule has 4 heteroatoms. The maximum Gasteiger partial charge on any atom is 0.187 e. The van der Waals surface area contributed by atoms with Crippen molar-refractivity contribution in [3.8, 4) is 17.0 Å². The van der Waals surface area contributed by atoms with E-state index in [0.29, 0.717) is 0 Å². The zero-order valence-electron chi connectivity index (χ0n) is 11.9. The molecule has 21 heavy (non-hydrogen) atoms. The Morgan fingerprint density at radius 1 is 1.10 bits per heavy atom. The van der Waals surface area contributed by atoms with Crippen LogP contribution < -0.4 is 5.32 Å². The van der Waals surface area contributed by atoms with Crippen molar-refractivity contribution in [2.75, 3.05) is 5.32 Å². The number of rotatable bonds is 3. The number of aromatic nitrogens is 1. The maximum absolute atomic E-state index is 9.48. The minimum Gasteiger partial charge on any atom is -0.508 e. The third-order valence-electron chi connectivity index (χ3n) is 3.26. The normalized spacial score (nSPS) is 10.6. The molecule has 3 nitrogen and oxygen atoms in total. The highest BCUT2D eigenvalue weighted by atomic mass is 32.1. The number of anilines is 2. The lowest BCUT2D eigenvalue weighted by Gasteiger charge is -2.04. The first-order valence-electron chi connectivity index (χ1n) is 6.71. The fourth-order valence-corrected chi connectivity index (χ4v) is 2.99. The Bertz CT molecular complexity index is 780. The van der Waals surface area contributed by atoms with Crippen LogP contribution in [0.15, 0.2) is 47.8 Å². The summed E-state index contributed by atoms with van der Waals surface area (Å²) in [6.07, 6.45) is 0. The highest BCUT2D eigenvalue weighted by Gasteiger charge is 2.07. The minimum atomic E-state index is 0.242. The van der Waals surface area contributed by atoms with Crippen LogP contribution in [0, 0.1) is 13.8 Å². The number of phenolic OH excluding ortho intramolecular Hbond substituents is 1. The molecular weight excluding hydrogens is 280 g/mol. The van der Waals surface area contributed by atoms with Crippen LogP contribution in [0.25, 0.3) is 11.3 Å². The molecule has 2 aromatic carbocycles. The summed E-state index contributed by atoms with van der Waals surface area (Å²) in [6.45, 7) is 4.19. The Hall–Kier alpha value is -2.33. The first-order valence-corrected chi connectivity index (χ1v) is 7.59. The minimum absolute atomic E-state index is 0.242. The topological polar surface area (TPSA) is 45.1 Å². The molecule has 3 rings (SSSR count). The molecule has 0 fully saturated rings. The average molecular weight is 296 g/mol. The van der Waals surface area contributed by atoms with E-state index in [4.69, 9.17) is 0 Å². The zero-order chi connectivity index (χ0) is 14.8. The second-order valence-corrected chi connectivity index (χ2v) is 5.89. The zero-order valence-corrected chi connectivity index (χ0v) is 12.7. The van der Waals surface area contributed by atoms with E-state index in [1.807, 2.05) is 11.4 Å². The number of benzene rings is 2. The lowest BCUT2D eigenvalue weighted by atomic mass is 10.0. The lowest BCUT2D eigenvalue weighted by molar-refractivity contribution is 0.475. The number of thiazole rings is 1. The largest absolute Gasteiger partial charge is 0.508 e. The van der Waals surface area contributed by atoms with Crippen LogP contribution in [-0.2, 0) is 0 Å². The van der Waals surface area contributed by atoms with Gasteiger partial charge in [0.05, 0.1) is 5.69 Å². The Morgan fingerprint density at radius 2 is 1.95 bits per heavy atom. The van der Waals surface area contributed by atoms with E-state index in [0.717, 1.165) is 22.1 Å². The Morgan fingerprint density at radius 3 is 2.71 bits per heavy atom. The summed E-state index contributed by atoms with van der Waals surface area (Å²) in [5.41, 5.74) is 5.44. The van der Waals surface area contributed by atoms with E-state index >= 15 is 0 Å². The predicted octanol–water partition coefficient (Wildman–Crippen LogP) is 4.88. The molecule has 0 saturated carbocycles. The third kappa shape index (κ3) is 3.06. The first-order chi connectivity index (χ1) is 10.1. The molecule has 106 valence electrons. The second-order valence-electron chi connectivity index (χ2n) is 5.03. The fourth-order valence-electron chi connectivity index (χ4n) is 2.26. The van der Waals surface area contributed by atoms with Crippen molar-refractivity contribution < 1.29 is 5.11 Å². The second kappa shape index (κ2) is 5.58. The van der Waals surface area contributed by atoms with E-state index in [9.17, 15) is 5.11 Å². The average Bonchev–Trinajstić information content (AvgIpc) is 2.87. The molecule has 0 spiro atoms. The fraction of sp³-hybridized carbons (Fsp3) is 0.118. The van der Waals surface area contributed by atoms with Gasteiger partial charge in [0.1, 0.15) is 5.75 Å². The summed E-state index contributed by atoms with van der Waals surface area (Å²) in [5.74, 6) is 0.242. The number of aryl methyl sites for hydroxylation is 2. The van der Waals surface area contributed by atoms with Gasteiger partial charge in [0.15, 0.2) is 5.13 Å². The van der Waals surface area contributed by atoms with Crippen molar-refractivity contribution in [1.82, 2.24) is 4.98 Å². The molecule has 0 bridgehead atoms. The van der Waals surface area contributed by atoms with E-state index in [-0.39, 0.29) is 5.75 Å². The Kier molecular flexibility index (Phi) is 3.62. The van der Waals surface area contributed by atoms with Crippen molar-refractivity contribution in [2.24, 2.45) is 0 Å². The van der Waals surface area contributed by atoms with Crippen LogP contribution >= 0.6 is 11.3 Å². The number of phenols is 1. The number of nitrogens with zero attached hydrogens (tertiary/aromatic N) is 1. The van der Waals surface area contributed by atoms with Gasteiger partial charge in [-0.1, -0.05) is 29.8 Å². The molecule has 0 unspecified atom stereocenters. The molecule has 1 heterocycles. The summed E-state index contributed by atoms with van der Waals surface area (Å²) in [4.78, 5) is 4.62. The number of nitrogens with one attached hydrogen (secondary N) is 1. The van der Waals surface area contributed by atoms with Crippen molar-refractivity contribution in [3.63, 3.8) is 0 Å². The molecule has 0 radical (unpaired) electrons. The van der Waals surface area contributed by atoms with Crippen LogP contribution in [0.4, 0.5) is 10.8 Å². The van der Waals surface area contributed by atoms with Crippen molar-refractivity contribution in [2.45, 2.75) is 13.8 Å². The monoisotopic (exact) mass is 296 g/mol. The smallest absolute Gasteiger partial charge is 0.187 e. The third-order valence-corrected chi connectivity index (χ3v) is 4.02. The molecule has 1 aromatic heterocycles. The number of hydrogen-bond acceptors (Lipinski definition) is 4. The van der Waals surface area contributed by atoms with Gasteiger partial charge >= 0.3 is 0 Å². The molecule has 0 aliphatic heterocycles. The highest BCUT2D eigenvalue weighted by Crippen LogP contribution is 2.30. The van der Waals surface area contributed by atoms with Gasteiger partial charge in [0.25, 0.3) is 0 Å². The van der Waals surface area contributed by atoms with Gasteiger partial charge < -0.3 is 10.4 Å². The van der Waals surface area contributed by atoms with E-state index in [1.165, 1.54) is 11.1 Å². The van der Waals surface area contributed by atoms with Crippen molar-refractivity contribution in [1.29, 1.82) is 0 Å². The highest BCUT2D eigenvalue weighted by molar-refractivity contribution is 7.14. The summed E-state index contributed by atoms with van der Waals surface area (Å²) in [6, 6.07) is 13.4. The summed E-state index contributed by atoms with van der Waals surface area (Å²) in [5, 5.41) is 15.6. The standard InChI is InChI=1S/C17H16N2OS/c1-11-6-7-15(12(2)8-11)16-10-21-17(19-16)18-13-4-3-5-14(20)9-13/h3-10,20H,1-2H3,(H,18,19). The summed E-state index contributed by atoms with van der Waals surface area (Å²) < 4.78 is 0.